The van der Waals surface area contributed by atoms with E-state index >= 15 is 0 Å². The molecule has 0 bridgehead atoms. The normalized spacial score (nSPS) is 14.0. The molecule has 1 N–H and O–H groups in total. The number of pyridine rings is 1. The minimum atomic E-state index is 0.270. The van der Waals surface area contributed by atoms with Crippen molar-refractivity contribution in [3.63, 3.8) is 0 Å². The number of halogens is 1. The van der Waals surface area contributed by atoms with Crippen LogP contribution in [0.15, 0.2) is 34.8 Å². The van der Waals surface area contributed by atoms with Crippen LogP contribution < -0.4 is 5.32 Å². The molecule has 2 atom stereocenters. The van der Waals surface area contributed by atoms with Gasteiger partial charge in [-0.15, -0.1) is 0 Å². The summed E-state index contributed by atoms with van der Waals surface area (Å²) < 4.78 is 1.12. The number of benzene rings is 1. The molecule has 0 aliphatic carbocycles. The number of rotatable bonds is 4. The molecule has 1 unspecified atom stereocenters. The summed E-state index contributed by atoms with van der Waals surface area (Å²) in [6.07, 6.45) is 0. The Bertz CT molecular complexity index is 614. The third-order valence-corrected chi connectivity index (χ3v) is 4.36. The average molecular weight is 347 g/mol. The van der Waals surface area contributed by atoms with E-state index in [0.717, 1.165) is 15.9 Å². The Morgan fingerprint density at radius 2 is 1.76 bits per heavy atom. The molecular weight excluding hydrogens is 324 g/mol. The molecular formula is C18H23BrN2. The number of hydrogen-bond acceptors (Lipinski definition) is 2. The molecule has 0 fully saturated rings. The zero-order valence-corrected chi connectivity index (χ0v) is 15.0. The monoisotopic (exact) mass is 346 g/mol. The standard InChI is InChI=1S/C18H23BrN2/c1-11-9-12(2)20-14(4)18(11)15(5)21-13(3)16-7-6-8-17(19)10-16/h6-10,13,15,21H,1-5H3/t13-,15?/m1/s1. The summed E-state index contributed by atoms with van der Waals surface area (Å²) in [6.45, 7) is 10.7. The SMILES string of the molecule is Cc1cc(C)c(C(C)N[C@H](C)c2cccc(Br)c2)c(C)n1. The van der Waals surface area contributed by atoms with Crippen molar-refractivity contribution in [3.8, 4) is 0 Å². The highest BCUT2D eigenvalue weighted by molar-refractivity contribution is 9.10. The zero-order chi connectivity index (χ0) is 15.6. The predicted octanol–water partition coefficient (Wildman–Crippen LogP) is 5.18. The van der Waals surface area contributed by atoms with Crippen LogP contribution in [-0.2, 0) is 0 Å². The predicted molar refractivity (Wildman–Crippen MR) is 92.6 cm³/mol. The van der Waals surface area contributed by atoms with Crippen LogP contribution in [0.25, 0.3) is 0 Å². The maximum atomic E-state index is 4.60. The molecule has 1 aromatic carbocycles. The highest BCUT2D eigenvalue weighted by Gasteiger charge is 2.16. The van der Waals surface area contributed by atoms with Crippen molar-refractivity contribution in [1.29, 1.82) is 0 Å². The highest BCUT2D eigenvalue weighted by atomic mass is 79.9. The quantitative estimate of drug-likeness (QED) is 0.824. The maximum absolute atomic E-state index is 4.60. The van der Waals surface area contributed by atoms with Gasteiger partial charge in [-0.05, 0) is 69.5 Å². The Morgan fingerprint density at radius 3 is 2.38 bits per heavy atom. The first-order valence-corrected chi connectivity index (χ1v) is 8.14. The first kappa shape index (κ1) is 16.2. The summed E-state index contributed by atoms with van der Waals surface area (Å²) >= 11 is 3.53. The summed E-state index contributed by atoms with van der Waals surface area (Å²) in [5.74, 6) is 0. The van der Waals surface area contributed by atoms with Gasteiger partial charge in [-0.1, -0.05) is 28.1 Å². The van der Waals surface area contributed by atoms with Crippen LogP contribution in [0.5, 0.6) is 0 Å². The number of aryl methyl sites for hydroxylation is 3. The number of aromatic nitrogens is 1. The van der Waals surface area contributed by atoms with Gasteiger partial charge in [-0.3, -0.25) is 4.98 Å². The van der Waals surface area contributed by atoms with Gasteiger partial charge >= 0.3 is 0 Å². The molecule has 0 saturated carbocycles. The van der Waals surface area contributed by atoms with E-state index in [1.165, 1.54) is 16.7 Å². The van der Waals surface area contributed by atoms with Crippen molar-refractivity contribution in [2.45, 2.75) is 46.7 Å². The number of hydrogen-bond donors (Lipinski definition) is 1. The smallest absolute Gasteiger partial charge is 0.0426 e. The van der Waals surface area contributed by atoms with E-state index in [4.69, 9.17) is 0 Å². The number of nitrogens with zero attached hydrogens (tertiary/aromatic N) is 1. The molecule has 0 amide bonds. The first-order valence-electron chi connectivity index (χ1n) is 7.34. The molecule has 2 aromatic rings. The largest absolute Gasteiger partial charge is 0.304 e. The molecule has 21 heavy (non-hydrogen) atoms. The van der Waals surface area contributed by atoms with Gasteiger partial charge in [0, 0.05) is 27.9 Å². The molecule has 1 heterocycles. The summed E-state index contributed by atoms with van der Waals surface area (Å²) in [5.41, 5.74) is 6.10. The average Bonchev–Trinajstić information content (AvgIpc) is 2.37. The van der Waals surface area contributed by atoms with Crippen LogP contribution in [0.4, 0.5) is 0 Å². The van der Waals surface area contributed by atoms with E-state index in [9.17, 15) is 0 Å². The molecule has 3 heteroatoms. The summed E-state index contributed by atoms with van der Waals surface area (Å²) in [6, 6.07) is 11.2. The third kappa shape index (κ3) is 3.92. The first-order chi connectivity index (χ1) is 9.88. The minimum Gasteiger partial charge on any atom is -0.304 e. The summed E-state index contributed by atoms with van der Waals surface area (Å²) in [4.78, 5) is 4.60. The Hall–Kier alpha value is -1.19. The molecule has 2 nitrogen and oxygen atoms in total. The molecule has 1 aromatic heterocycles. The lowest BCUT2D eigenvalue weighted by atomic mass is 9.98. The second-order valence-electron chi connectivity index (χ2n) is 5.74. The van der Waals surface area contributed by atoms with Crippen molar-refractivity contribution in [1.82, 2.24) is 10.3 Å². The third-order valence-electron chi connectivity index (χ3n) is 3.87. The summed E-state index contributed by atoms with van der Waals surface area (Å²) in [5, 5.41) is 3.68. The topological polar surface area (TPSA) is 24.9 Å². The van der Waals surface area contributed by atoms with Gasteiger partial charge in [-0.25, -0.2) is 0 Å². The fourth-order valence-corrected chi connectivity index (χ4v) is 3.44. The fourth-order valence-electron chi connectivity index (χ4n) is 3.02. The molecule has 112 valence electrons. The zero-order valence-electron chi connectivity index (χ0n) is 13.4. The van der Waals surface area contributed by atoms with Gasteiger partial charge in [0.15, 0.2) is 0 Å². The van der Waals surface area contributed by atoms with Gasteiger partial charge in [0.25, 0.3) is 0 Å². The van der Waals surface area contributed by atoms with Crippen molar-refractivity contribution in [3.05, 3.63) is 62.9 Å². The molecule has 0 saturated heterocycles. The van der Waals surface area contributed by atoms with Gasteiger partial charge < -0.3 is 5.32 Å². The van der Waals surface area contributed by atoms with E-state index in [-0.39, 0.29) is 12.1 Å². The Morgan fingerprint density at radius 1 is 1.05 bits per heavy atom. The second-order valence-corrected chi connectivity index (χ2v) is 6.66. The highest BCUT2D eigenvalue weighted by Crippen LogP contribution is 2.25. The molecule has 2 rings (SSSR count). The van der Waals surface area contributed by atoms with Gasteiger partial charge in [0.2, 0.25) is 0 Å². The second kappa shape index (κ2) is 6.71. The van der Waals surface area contributed by atoms with E-state index in [0.29, 0.717) is 0 Å². The summed E-state index contributed by atoms with van der Waals surface area (Å²) in [7, 11) is 0. The molecule has 0 spiro atoms. The van der Waals surface area contributed by atoms with Crippen molar-refractivity contribution < 1.29 is 0 Å². The molecule has 0 radical (unpaired) electrons. The lowest BCUT2D eigenvalue weighted by Crippen LogP contribution is -2.24. The van der Waals surface area contributed by atoms with E-state index < -0.39 is 0 Å². The lowest BCUT2D eigenvalue weighted by molar-refractivity contribution is 0.490. The van der Waals surface area contributed by atoms with E-state index in [1.54, 1.807) is 0 Å². The van der Waals surface area contributed by atoms with E-state index in [2.05, 4.69) is 84.3 Å². The van der Waals surface area contributed by atoms with Crippen LogP contribution in [0.3, 0.4) is 0 Å². The van der Waals surface area contributed by atoms with Crippen molar-refractivity contribution >= 4 is 15.9 Å². The maximum Gasteiger partial charge on any atom is 0.0426 e. The van der Waals surface area contributed by atoms with Crippen LogP contribution in [0.2, 0.25) is 0 Å². The number of nitrogens with one attached hydrogen (secondary N) is 1. The minimum absolute atomic E-state index is 0.270. The van der Waals surface area contributed by atoms with Gasteiger partial charge in [-0.2, -0.15) is 0 Å². The van der Waals surface area contributed by atoms with Gasteiger partial charge in [0.1, 0.15) is 0 Å². The van der Waals surface area contributed by atoms with Gasteiger partial charge in [0.05, 0.1) is 0 Å². The lowest BCUT2D eigenvalue weighted by Gasteiger charge is -2.23. The fraction of sp³-hybridized carbons (Fsp3) is 0.389. The van der Waals surface area contributed by atoms with Crippen molar-refractivity contribution in [2.75, 3.05) is 0 Å². The Balaban J connectivity index is 2.20. The van der Waals surface area contributed by atoms with Crippen molar-refractivity contribution in [2.24, 2.45) is 0 Å². The molecule has 0 aliphatic heterocycles. The van der Waals surface area contributed by atoms with Crippen LogP contribution in [0, 0.1) is 20.8 Å². The Labute approximate surface area is 136 Å². The van der Waals surface area contributed by atoms with Crippen LogP contribution >= 0.6 is 15.9 Å². The Kier molecular flexibility index (Phi) is 5.17. The van der Waals surface area contributed by atoms with Crippen LogP contribution in [0.1, 0.15) is 54.0 Å². The molecule has 0 aliphatic rings. The van der Waals surface area contributed by atoms with Crippen LogP contribution in [-0.4, -0.2) is 4.98 Å². The van der Waals surface area contributed by atoms with E-state index in [1.807, 2.05) is 6.92 Å².